The molecule has 1 atom stereocenters. The van der Waals surface area contributed by atoms with Gasteiger partial charge < -0.3 is 19.3 Å². The fraction of sp³-hybridized carbons (Fsp3) is 0.600. The Labute approximate surface area is 124 Å². The summed E-state index contributed by atoms with van der Waals surface area (Å²) in [5.41, 5.74) is 2.72. The number of hydrogen-bond donors (Lipinski definition) is 1. The van der Waals surface area contributed by atoms with Gasteiger partial charge in [-0.1, -0.05) is 0 Å². The first-order valence-corrected chi connectivity index (χ1v) is 7.23. The van der Waals surface area contributed by atoms with E-state index < -0.39 is 12.1 Å². The van der Waals surface area contributed by atoms with Gasteiger partial charge in [0.25, 0.3) is 5.91 Å². The van der Waals surface area contributed by atoms with Crippen LogP contribution < -0.4 is 0 Å². The molecule has 116 valence electrons. The number of carboxylic acids is 1. The minimum atomic E-state index is -0.904. The summed E-state index contributed by atoms with van der Waals surface area (Å²) in [4.78, 5) is 25.1. The summed E-state index contributed by atoms with van der Waals surface area (Å²) in [7, 11) is 0. The van der Waals surface area contributed by atoms with E-state index in [0.717, 1.165) is 17.9 Å². The van der Waals surface area contributed by atoms with Gasteiger partial charge in [-0.2, -0.15) is 0 Å². The molecule has 21 heavy (non-hydrogen) atoms. The quantitative estimate of drug-likeness (QED) is 0.912. The Morgan fingerprint density at radius 3 is 2.71 bits per heavy atom. The molecule has 0 aliphatic carbocycles. The van der Waals surface area contributed by atoms with Gasteiger partial charge in [-0.25, -0.2) is 0 Å². The molecule has 0 saturated carbocycles. The van der Waals surface area contributed by atoms with Crippen molar-refractivity contribution in [1.29, 1.82) is 0 Å². The summed E-state index contributed by atoms with van der Waals surface area (Å²) >= 11 is 0. The number of ether oxygens (including phenoxy) is 1. The van der Waals surface area contributed by atoms with Gasteiger partial charge in [-0.05, 0) is 26.8 Å². The first-order valence-electron chi connectivity index (χ1n) is 7.23. The van der Waals surface area contributed by atoms with E-state index in [1.54, 1.807) is 4.90 Å². The van der Waals surface area contributed by atoms with Crippen LogP contribution in [-0.2, 0) is 16.1 Å². The molecule has 1 aliphatic rings. The molecule has 1 saturated heterocycles. The Kier molecular flexibility index (Phi) is 4.67. The molecule has 1 aliphatic heterocycles. The van der Waals surface area contributed by atoms with E-state index in [0.29, 0.717) is 25.3 Å². The molecule has 1 aromatic rings. The van der Waals surface area contributed by atoms with Gasteiger partial charge in [-0.15, -0.1) is 0 Å². The number of aliphatic carboxylic acids is 1. The van der Waals surface area contributed by atoms with Crippen LogP contribution in [0.2, 0.25) is 0 Å². The highest BCUT2D eigenvalue weighted by Gasteiger charge is 2.28. The second kappa shape index (κ2) is 6.30. The number of rotatable bonds is 4. The predicted octanol–water partition coefficient (Wildman–Crippen LogP) is 1.44. The zero-order valence-corrected chi connectivity index (χ0v) is 12.8. The number of carbonyl (C=O) groups excluding carboxylic acids is 1. The number of carboxylic acid groups (broad SMARTS) is 1. The van der Waals surface area contributed by atoms with E-state index in [4.69, 9.17) is 9.84 Å². The maximum atomic E-state index is 12.6. The van der Waals surface area contributed by atoms with Crippen LogP contribution in [0.5, 0.6) is 0 Å². The standard InChI is InChI=1S/C15H22N2O4/c1-4-17-10(2)7-13(11(17)3)15(20)16-5-6-21-12(9-16)8-14(18)19/h7,12H,4-6,8-9H2,1-3H3,(H,18,19). The zero-order valence-electron chi connectivity index (χ0n) is 12.8. The highest BCUT2D eigenvalue weighted by molar-refractivity contribution is 5.95. The van der Waals surface area contributed by atoms with E-state index in [1.807, 2.05) is 26.8 Å². The number of carbonyl (C=O) groups is 2. The van der Waals surface area contributed by atoms with Crippen molar-refractivity contribution >= 4 is 11.9 Å². The van der Waals surface area contributed by atoms with Crippen molar-refractivity contribution in [2.24, 2.45) is 0 Å². The topological polar surface area (TPSA) is 71.8 Å². The smallest absolute Gasteiger partial charge is 0.306 e. The maximum absolute atomic E-state index is 12.6. The average Bonchev–Trinajstić information content (AvgIpc) is 2.72. The van der Waals surface area contributed by atoms with Crippen molar-refractivity contribution in [1.82, 2.24) is 9.47 Å². The van der Waals surface area contributed by atoms with Gasteiger partial charge in [0, 0.05) is 31.0 Å². The van der Waals surface area contributed by atoms with Gasteiger partial charge in [0.1, 0.15) is 0 Å². The molecule has 1 aromatic heterocycles. The minimum Gasteiger partial charge on any atom is -0.481 e. The van der Waals surface area contributed by atoms with Crippen molar-refractivity contribution < 1.29 is 19.4 Å². The predicted molar refractivity (Wildman–Crippen MR) is 77.5 cm³/mol. The molecule has 0 radical (unpaired) electrons. The number of amides is 1. The Hall–Kier alpha value is -1.82. The van der Waals surface area contributed by atoms with Crippen molar-refractivity contribution in [3.63, 3.8) is 0 Å². The normalized spacial score (nSPS) is 18.8. The Balaban J connectivity index is 2.14. The molecule has 0 spiro atoms. The molecular weight excluding hydrogens is 272 g/mol. The average molecular weight is 294 g/mol. The van der Waals surface area contributed by atoms with E-state index in [1.165, 1.54) is 0 Å². The molecular formula is C15H22N2O4. The number of morpholine rings is 1. The maximum Gasteiger partial charge on any atom is 0.306 e. The third kappa shape index (κ3) is 3.26. The molecule has 1 N–H and O–H groups in total. The molecule has 1 unspecified atom stereocenters. The molecule has 2 rings (SSSR count). The highest BCUT2D eigenvalue weighted by Crippen LogP contribution is 2.19. The Morgan fingerprint density at radius 1 is 1.43 bits per heavy atom. The summed E-state index contributed by atoms with van der Waals surface area (Å²) in [6, 6.07) is 1.91. The Morgan fingerprint density at radius 2 is 2.14 bits per heavy atom. The van der Waals surface area contributed by atoms with Gasteiger partial charge >= 0.3 is 5.97 Å². The lowest BCUT2D eigenvalue weighted by atomic mass is 10.1. The van der Waals surface area contributed by atoms with Gasteiger partial charge in [0.2, 0.25) is 0 Å². The lowest BCUT2D eigenvalue weighted by molar-refractivity contribution is -0.141. The summed E-state index contributed by atoms with van der Waals surface area (Å²) in [5, 5.41) is 8.84. The SMILES string of the molecule is CCn1c(C)cc(C(=O)N2CCOC(CC(=O)O)C2)c1C. The van der Waals surface area contributed by atoms with Gasteiger partial charge in [0.15, 0.2) is 0 Å². The van der Waals surface area contributed by atoms with Crippen LogP contribution >= 0.6 is 0 Å². The first kappa shape index (κ1) is 15.6. The third-order valence-electron chi connectivity index (χ3n) is 3.95. The number of nitrogens with zero attached hydrogens (tertiary/aromatic N) is 2. The highest BCUT2D eigenvalue weighted by atomic mass is 16.5. The number of aryl methyl sites for hydroxylation is 1. The van der Waals surface area contributed by atoms with Crippen LogP contribution in [-0.4, -0.2) is 52.3 Å². The van der Waals surface area contributed by atoms with Crippen LogP contribution in [0, 0.1) is 13.8 Å². The fourth-order valence-electron chi connectivity index (χ4n) is 2.90. The second-order valence-corrected chi connectivity index (χ2v) is 5.37. The van der Waals surface area contributed by atoms with Gasteiger partial charge in [0.05, 0.1) is 24.7 Å². The van der Waals surface area contributed by atoms with Crippen LogP contribution in [0.15, 0.2) is 6.07 Å². The molecule has 6 nitrogen and oxygen atoms in total. The second-order valence-electron chi connectivity index (χ2n) is 5.37. The monoisotopic (exact) mass is 294 g/mol. The Bertz CT molecular complexity index is 550. The summed E-state index contributed by atoms with van der Waals surface area (Å²) < 4.78 is 7.51. The van der Waals surface area contributed by atoms with Crippen LogP contribution in [0.4, 0.5) is 0 Å². The van der Waals surface area contributed by atoms with Gasteiger partial charge in [-0.3, -0.25) is 9.59 Å². The summed E-state index contributed by atoms with van der Waals surface area (Å²) in [5.74, 6) is -0.944. The summed E-state index contributed by atoms with van der Waals surface area (Å²) in [6.07, 6.45) is -0.493. The van der Waals surface area contributed by atoms with Crippen molar-refractivity contribution in [2.45, 2.75) is 39.8 Å². The van der Waals surface area contributed by atoms with Crippen LogP contribution in [0.25, 0.3) is 0 Å². The van der Waals surface area contributed by atoms with Crippen molar-refractivity contribution in [2.75, 3.05) is 19.7 Å². The lowest BCUT2D eigenvalue weighted by Gasteiger charge is -2.32. The fourth-order valence-corrected chi connectivity index (χ4v) is 2.90. The van der Waals surface area contributed by atoms with Crippen molar-refractivity contribution in [3.05, 3.63) is 23.0 Å². The van der Waals surface area contributed by atoms with E-state index in [2.05, 4.69) is 4.57 Å². The molecule has 2 heterocycles. The van der Waals surface area contributed by atoms with Crippen LogP contribution in [0.1, 0.15) is 35.1 Å². The van der Waals surface area contributed by atoms with E-state index in [-0.39, 0.29) is 12.3 Å². The minimum absolute atomic E-state index is 0.0403. The molecule has 1 fully saturated rings. The van der Waals surface area contributed by atoms with E-state index >= 15 is 0 Å². The molecule has 6 heteroatoms. The zero-order chi connectivity index (χ0) is 15.6. The summed E-state index contributed by atoms with van der Waals surface area (Å²) in [6.45, 7) is 8.03. The van der Waals surface area contributed by atoms with Crippen LogP contribution in [0.3, 0.4) is 0 Å². The molecule has 1 amide bonds. The van der Waals surface area contributed by atoms with Crippen molar-refractivity contribution in [3.8, 4) is 0 Å². The molecule has 0 bridgehead atoms. The number of aromatic nitrogens is 1. The van der Waals surface area contributed by atoms with E-state index in [9.17, 15) is 9.59 Å². The molecule has 0 aromatic carbocycles. The third-order valence-corrected chi connectivity index (χ3v) is 3.95. The lowest BCUT2D eigenvalue weighted by Crippen LogP contribution is -2.46. The largest absolute Gasteiger partial charge is 0.481 e. The first-order chi connectivity index (χ1) is 9.93. The number of hydrogen-bond acceptors (Lipinski definition) is 3.